The fourth-order valence-electron chi connectivity index (χ4n) is 3.46. The molecule has 2 aliphatic carbocycles. The maximum Gasteiger partial charge on any atom is 0.446 e. The van der Waals surface area contributed by atoms with Gasteiger partial charge in [-0.25, -0.2) is 28.9 Å². The number of carbonyl (C=O) groups excluding carboxylic acids is 2. The van der Waals surface area contributed by atoms with Crippen molar-refractivity contribution in [2.75, 3.05) is 5.34 Å². The number of rotatable bonds is 8. The summed E-state index contributed by atoms with van der Waals surface area (Å²) in [5.41, 5.74) is -0.394. The van der Waals surface area contributed by atoms with Crippen LogP contribution in [0.15, 0.2) is 48.8 Å². The van der Waals surface area contributed by atoms with Crippen LogP contribution in [0.1, 0.15) is 67.2 Å². The summed E-state index contributed by atoms with van der Waals surface area (Å²) in [4.78, 5) is 39.8. The van der Waals surface area contributed by atoms with E-state index in [1.165, 1.54) is 10.7 Å². The Morgan fingerprint density at radius 2 is 1.22 bits per heavy atom. The molecule has 2 fully saturated rings. The number of carboxylic acids is 1. The molecule has 276 valence electrons. The van der Waals surface area contributed by atoms with Crippen molar-refractivity contribution >= 4 is 64.6 Å². The fourth-order valence-corrected chi connectivity index (χ4v) is 3.92. The lowest BCUT2D eigenvalue weighted by Crippen LogP contribution is -2.24. The first kappa shape index (κ1) is 41.3. The van der Waals surface area contributed by atoms with E-state index < -0.39 is 30.0 Å². The number of ether oxygens (including phenoxy) is 3. The summed E-state index contributed by atoms with van der Waals surface area (Å²) in [5.74, 6) is 0.431. The lowest BCUT2D eigenvalue weighted by atomic mass is 10.2. The maximum absolute atomic E-state index is 12.1. The first-order valence-electron chi connectivity index (χ1n) is 14.8. The molecular formula is C31H31Cl4F3N6O7. The van der Waals surface area contributed by atoms with Crippen molar-refractivity contribution in [3.8, 4) is 23.4 Å². The van der Waals surface area contributed by atoms with Gasteiger partial charge < -0.3 is 19.3 Å². The number of carbonyl (C=O) groups is 3. The van der Waals surface area contributed by atoms with Gasteiger partial charge in [-0.1, -0.05) is 23.2 Å². The molecular weight excluding hydrogens is 767 g/mol. The zero-order valence-electron chi connectivity index (χ0n) is 27.1. The molecule has 4 aromatic heterocycles. The molecule has 2 saturated carbocycles. The molecule has 0 aromatic carbocycles. The molecule has 0 spiro atoms. The van der Waals surface area contributed by atoms with E-state index >= 15 is 0 Å². The Balaban J connectivity index is 0.000000225. The van der Waals surface area contributed by atoms with Crippen molar-refractivity contribution in [3.05, 3.63) is 70.2 Å². The highest BCUT2D eigenvalue weighted by Crippen LogP contribution is 2.27. The molecule has 4 heterocycles. The van der Waals surface area contributed by atoms with E-state index in [0.717, 1.165) is 25.7 Å². The van der Waals surface area contributed by atoms with Gasteiger partial charge in [-0.05, 0) is 70.7 Å². The number of carboxylic acid groups (broad SMARTS) is 1. The predicted octanol–water partition coefficient (Wildman–Crippen LogP) is 7.75. The summed E-state index contributed by atoms with van der Waals surface area (Å²) < 4.78 is 50.7. The van der Waals surface area contributed by atoms with Gasteiger partial charge in [-0.2, -0.15) is 13.2 Å². The molecule has 0 atom stereocenters. The van der Waals surface area contributed by atoms with Crippen molar-refractivity contribution < 1.29 is 46.9 Å². The summed E-state index contributed by atoms with van der Waals surface area (Å²) >= 11 is 21.5. The van der Waals surface area contributed by atoms with Crippen LogP contribution in [-0.4, -0.2) is 82.2 Å². The number of aromatic carboxylic acids is 1. The van der Waals surface area contributed by atoms with Gasteiger partial charge in [0.1, 0.15) is 28.1 Å². The van der Waals surface area contributed by atoms with Gasteiger partial charge in [0.25, 0.3) is 0 Å². The van der Waals surface area contributed by atoms with Crippen LogP contribution in [0.3, 0.4) is 0 Å². The largest absolute Gasteiger partial charge is 0.478 e. The second-order valence-corrected chi connectivity index (χ2v) is 12.9. The van der Waals surface area contributed by atoms with E-state index in [9.17, 15) is 22.8 Å². The van der Waals surface area contributed by atoms with Gasteiger partial charge in [0.05, 0.1) is 16.5 Å². The number of pyridine rings is 2. The molecule has 20 heteroatoms. The highest BCUT2D eigenvalue weighted by Gasteiger charge is 2.26. The quantitative estimate of drug-likeness (QED) is 0.0804. The number of aromatic nitrogens is 6. The van der Waals surface area contributed by atoms with Crippen LogP contribution in [0.4, 0.5) is 13.2 Å². The van der Waals surface area contributed by atoms with Crippen LogP contribution < -0.4 is 9.47 Å². The average Bonchev–Trinajstić information content (AvgIpc) is 3.94. The summed E-state index contributed by atoms with van der Waals surface area (Å²) in [6, 6.07) is 9.70. The van der Waals surface area contributed by atoms with Crippen LogP contribution in [0, 0.1) is 0 Å². The maximum atomic E-state index is 12.1. The molecule has 0 amide bonds. The van der Waals surface area contributed by atoms with Gasteiger partial charge >= 0.3 is 18.1 Å². The van der Waals surface area contributed by atoms with E-state index in [1.54, 1.807) is 68.2 Å². The van der Waals surface area contributed by atoms with Gasteiger partial charge in [0.2, 0.25) is 18.0 Å². The Bertz CT molecular complexity index is 1790. The lowest BCUT2D eigenvalue weighted by Gasteiger charge is -2.19. The van der Waals surface area contributed by atoms with Gasteiger partial charge in [0.15, 0.2) is 11.6 Å². The summed E-state index contributed by atoms with van der Waals surface area (Å²) in [7, 11) is 0. The number of aldehydes is 1. The zero-order chi connectivity index (χ0) is 37.9. The van der Waals surface area contributed by atoms with E-state index in [1.807, 2.05) is 0 Å². The van der Waals surface area contributed by atoms with Crippen molar-refractivity contribution in [2.24, 2.45) is 0 Å². The standard InChI is InChI=1S/C16H18ClN3O3.C12H10ClN3O3.C2HF3O.CH2Cl2/c1-16(2,3)23-15(21)11-6-7-12(18-14(11)17)20-9-8-13(19-20)22-10-4-5-10;13-11-8(12(17)18)3-4-9(14-11)16-6-5-10(15-16)19-7-1-2-7;3-2(4,5)1-6;2-1-3/h6-10H,4-5H2,1-3H3;3-7H,1-2H2,(H,17,18);1H;1H2. The zero-order valence-corrected chi connectivity index (χ0v) is 30.1. The summed E-state index contributed by atoms with van der Waals surface area (Å²) in [6.07, 6.45) is 2.55. The molecule has 51 heavy (non-hydrogen) atoms. The van der Waals surface area contributed by atoms with E-state index in [0.29, 0.717) is 23.4 Å². The molecule has 6 rings (SSSR count). The monoisotopic (exact) mass is 796 g/mol. The first-order valence-corrected chi connectivity index (χ1v) is 16.7. The van der Waals surface area contributed by atoms with Gasteiger partial charge in [-0.15, -0.1) is 33.4 Å². The minimum Gasteiger partial charge on any atom is -0.478 e. The Labute approximate surface area is 309 Å². The van der Waals surface area contributed by atoms with Crippen molar-refractivity contribution in [3.63, 3.8) is 0 Å². The smallest absolute Gasteiger partial charge is 0.446 e. The normalized spacial score (nSPS) is 13.6. The number of hydrogen-bond donors (Lipinski definition) is 1. The Morgan fingerprint density at radius 3 is 1.53 bits per heavy atom. The van der Waals surface area contributed by atoms with Crippen LogP contribution in [0.25, 0.3) is 11.6 Å². The Kier molecular flexibility index (Phi) is 14.9. The molecule has 0 unspecified atom stereocenters. The van der Waals surface area contributed by atoms with Crippen molar-refractivity contribution in [2.45, 2.75) is 70.4 Å². The van der Waals surface area contributed by atoms with Gasteiger partial charge in [0, 0.05) is 24.5 Å². The molecule has 0 radical (unpaired) electrons. The molecule has 4 aromatic rings. The molecule has 2 aliphatic rings. The van der Waals surface area contributed by atoms with Crippen LogP contribution >= 0.6 is 46.4 Å². The Morgan fingerprint density at radius 1 is 0.824 bits per heavy atom. The van der Waals surface area contributed by atoms with E-state index in [4.69, 9.17) is 70.5 Å². The second kappa shape index (κ2) is 18.4. The highest BCUT2D eigenvalue weighted by molar-refractivity contribution is 6.40. The molecule has 0 bridgehead atoms. The minimum absolute atomic E-state index is 0.0352. The molecule has 1 N–H and O–H groups in total. The number of nitrogens with zero attached hydrogens (tertiary/aromatic N) is 6. The molecule has 0 saturated heterocycles. The Hall–Kier alpha value is -4.12. The van der Waals surface area contributed by atoms with Crippen molar-refractivity contribution in [1.29, 1.82) is 0 Å². The van der Waals surface area contributed by atoms with Crippen molar-refractivity contribution in [1.82, 2.24) is 29.5 Å². The molecule has 13 nitrogen and oxygen atoms in total. The summed E-state index contributed by atoms with van der Waals surface area (Å²) in [5, 5.41) is 17.6. The first-order chi connectivity index (χ1) is 23.9. The number of esters is 1. The van der Waals surface area contributed by atoms with E-state index in [2.05, 4.69) is 20.2 Å². The van der Waals surface area contributed by atoms with Crippen LogP contribution in [-0.2, 0) is 9.53 Å². The SMILES string of the molecule is CC(C)(C)OC(=O)c1ccc(-n2ccc(OC3CC3)n2)nc1Cl.ClCCl.O=C(O)c1ccc(-n2ccc(OC3CC3)n2)nc1Cl.O=CC(F)(F)F. The highest BCUT2D eigenvalue weighted by atomic mass is 35.5. The second-order valence-electron chi connectivity index (χ2n) is 11.4. The fraction of sp³-hybridized carbons (Fsp3) is 0.387. The minimum atomic E-state index is -4.64. The van der Waals surface area contributed by atoms with Gasteiger partial charge in [-0.3, -0.25) is 4.79 Å². The summed E-state index contributed by atoms with van der Waals surface area (Å²) in [6.45, 7) is 5.39. The molecule has 0 aliphatic heterocycles. The topological polar surface area (TPSA) is 161 Å². The predicted molar refractivity (Wildman–Crippen MR) is 181 cm³/mol. The third-order valence-corrected chi connectivity index (χ3v) is 6.45. The lowest BCUT2D eigenvalue weighted by molar-refractivity contribution is -0.156. The van der Waals surface area contributed by atoms with E-state index in [-0.39, 0.29) is 39.0 Å². The number of alkyl halides is 5. The average molecular weight is 798 g/mol. The third kappa shape index (κ3) is 14.6. The number of hydrogen-bond acceptors (Lipinski definition) is 10. The third-order valence-electron chi connectivity index (χ3n) is 5.87. The van der Waals surface area contributed by atoms with Crippen LogP contribution in [0.5, 0.6) is 11.8 Å². The van der Waals surface area contributed by atoms with Crippen LogP contribution in [0.2, 0.25) is 10.3 Å². The number of halogens is 7.